The van der Waals surface area contributed by atoms with Crippen LogP contribution in [0.3, 0.4) is 0 Å². The number of hydrogen-bond acceptors (Lipinski definition) is 5. The van der Waals surface area contributed by atoms with Gasteiger partial charge in [0.1, 0.15) is 5.52 Å². The topological polar surface area (TPSA) is 80.1 Å². The molecule has 0 saturated heterocycles. The maximum atomic E-state index is 6.00. The lowest BCUT2D eigenvalue weighted by molar-refractivity contribution is 0.0681. The molecule has 0 spiro atoms. The van der Waals surface area contributed by atoms with Crippen molar-refractivity contribution in [2.75, 3.05) is 32.7 Å². The molecule has 0 saturated carbocycles. The van der Waals surface area contributed by atoms with Gasteiger partial charge in [-0.3, -0.25) is 4.57 Å². The minimum Gasteiger partial charge on any atom is -0.382 e. The van der Waals surface area contributed by atoms with Crippen LogP contribution in [-0.4, -0.2) is 46.3 Å². The highest BCUT2D eigenvalue weighted by Gasteiger charge is 2.16. The summed E-state index contributed by atoms with van der Waals surface area (Å²) < 4.78 is 14.4. The largest absolute Gasteiger partial charge is 0.382 e. The molecule has 2 heterocycles. The first-order chi connectivity index (χ1) is 9.69. The van der Waals surface area contributed by atoms with E-state index in [2.05, 4.69) is 17.0 Å². The second kappa shape index (κ2) is 6.71. The van der Waals surface area contributed by atoms with Crippen LogP contribution in [-0.2, 0) is 22.6 Å². The van der Waals surface area contributed by atoms with Crippen molar-refractivity contribution in [1.82, 2.24) is 19.3 Å². The van der Waals surface area contributed by atoms with Crippen molar-refractivity contribution >= 4 is 17.1 Å². The first-order valence-corrected chi connectivity index (χ1v) is 6.94. The summed E-state index contributed by atoms with van der Waals surface area (Å²) in [7, 11) is 1.67. The van der Waals surface area contributed by atoms with Crippen molar-refractivity contribution in [3.05, 3.63) is 5.69 Å². The molecule has 2 N–H and O–H groups in total. The number of nitrogen functional groups attached to an aromatic ring is 1. The van der Waals surface area contributed by atoms with Crippen LogP contribution in [0.4, 0.5) is 5.95 Å². The van der Waals surface area contributed by atoms with E-state index in [1.807, 2.05) is 16.2 Å². The van der Waals surface area contributed by atoms with Gasteiger partial charge < -0.3 is 15.2 Å². The van der Waals surface area contributed by atoms with Crippen LogP contribution >= 0.6 is 0 Å². The number of imidazole rings is 1. The van der Waals surface area contributed by atoms with Crippen molar-refractivity contribution in [2.45, 2.75) is 33.4 Å². The normalized spacial score (nSPS) is 11.6. The Labute approximate surface area is 118 Å². The number of methoxy groups -OCH3 is 1. The molecule has 20 heavy (non-hydrogen) atoms. The number of aromatic nitrogens is 4. The van der Waals surface area contributed by atoms with Crippen LogP contribution in [0, 0.1) is 6.92 Å². The molecule has 0 amide bonds. The molecule has 0 aliphatic rings. The second-order valence-corrected chi connectivity index (χ2v) is 4.65. The van der Waals surface area contributed by atoms with Gasteiger partial charge in [0, 0.05) is 26.8 Å². The molecular weight excluding hydrogens is 258 g/mol. The molecular formula is C13H23N5O2. The van der Waals surface area contributed by atoms with Crippen molar-refractivity contribution in [3.8, 4) is 0 Å². The molecule has 0 bridgehead atoms. The minimum absolute atomic E-state index is 0.541. The van der Waals surface area contributed by atoms with Gasteiger partial charge in [0.2, 0.25) is 5.95 Å². The Morgan fingerprint density at radius 1 is 1.25 bits per heavy atom. The van der Waals surface area contributed by atoms with Gasteiger partial charge in [-0.25, -0.2) is 9.67 Å². The molecule has 2 aromatic rings. The lowest BCUT2D eigenvalue weighted by Gasteiger charge is -2.08. The van der Waals surface area contributed by atoms with Gasteiger partial charge in [-0.05, 0) is 20.3 Å². The monoisotopic (exact) mass is 281 g/mol. The zero-order chi connectivity index (χ0) is 14.5. The number of fused-ring (bicyclic) bond motifs is 1. The summed E-state index contributed by atoms with van der Waals surface area (Å²) in [6.07, 6.45) is 0.882. The standard InChI is InChI=1S/C13H23N5O2/c1-4-18-12-11(10(2)16-18)15-13(14)17(12)6-5-7-20-9-8-19-3/h4-9H2,1-3H3,(H2,14,15). The maximum Gasteiger partial charge on any atom is 0.202 e. The van der Waals surface area contributed by atoms with Crippen molar-refractivity contribution in [1.29, 1.82) is 0 Å². The smallest absolute Gasteiger partial charge is 0.202 e. The Morgan fingerprint density at radius 2 is 2.05 bits per heavy atom. The van der Waals surface area contributed by atoms with E-state index < -0.39 is 0 Å². The highest BCUT2D eigenvalue weighted by atomic mass is 16.5. The molecule has 112 valence electrons. The van der Waals surface area contributed by atoms with Crippen molar-refractivity contribution in [2.24, 2.45) is 0 Å². The first-order valence-electron chi connectivity index (χ1n) is 6.94. The molecule has 0 unspecified atom stereocenters. The number of anilines is 1. The fraction of sp³-hybridized carbons (Fsp3) is 0.692. The van der Waals surface area contributed by atoms with Crippen LogP contribution in [0.2, 0.25) is 0 Å². The minimum atomic E-state index is 0.541. The van der Waals surface area contributed by atoms with Gasteiger partial charge in [-0.15, -0.1) is 0 Å². The summed E-state index contributed by atoms with van der Waals surface area (Å²) in [5.41, 5.74) is 8.82. The predicted octanol–water partition coefficient (Wildman–Crippen LogP) is 1.20. The SMILES string of the molecule is CCn1nc(C)c2nc(N)n(CCCOCCOC)c21. The van der Waals surface area contributed by atoms with E-state index in [0.29, 0.717) is 25.8 Å². The Hall–Kier alpha value is -1.60. The molecule has 0 radical (unpaired) electrons. The predicted molar refractivity (Wildman–Crippen MR) is 77.7 cm³/mol. The van der Waals surface area contributed by atoms with Gasteiger partial charge in [-0.1, -0.05) is 0 Å². The fourth-order valence-corrected chi connectivity index (χ4v) is 2.25. The van der Waals surface area contributed by atoms with Gasteiger partial charge in [0.05, 0.1) is 18.9 Å². The first kappa shape index (κ1) is 14.8. The summed E-state index contributed by atoms with van der Waals surface area (Å²) in [5, 5.41) is 4.47. The van der Waals surface area contributed by atoms with E-state index in [-0.39, 0.29) is 0 Å². The number of ether oxygens (including phenoxy) is 2. The highest BCUT2D eigenvalue weighted by molar-refractivity contribution is 5.77. The summed E-state index contributed by atoms with van der Waals surface area (Å²) >= 11 is 0. The van der Waals surface area contributed by atoms with Gasteiger partial charge in [0.25, 0.3) is 0 Å². The molecule has 0 aliphatic carbocycles. The maximum absolute atomic E-state index is 6.00. The summed E-state index contributed by atoms with van der Waals surface area (Å²) in [4.78, 5) is 4.41. The molecule has 2 aromatic heterocycles. The molecule has 0 aliphatic heterocycles. The third-order valence-electron chi connectivity index (χ3n) is 3.23. The van der Waals surface area contributed by atoms with E-state index in [9.17, 15) is 0 Å². The van der Waals surface area contributed by atoms with Crippen LogP contribution in [0.15, 0.2) is 0 Å². The number of nitrogens with zero attached hydrogens (tertiary/aromatic N) is 4. The van der Waals surface area contributed by atoms with E-state index >= 15 is 0 Å². The zero-order valence-corrected chi connectivity index (χ0v) is 12.4. The number of aryl methyl sites for hydroxylation is 3. The third kappa shape index (κ3) is 2.94. The molecule has 7 nitrogen and oxygen atoms in total. The van der Waals surface area contributed by atoms with Crippen molar-refractivity contribution < 1.29 is 9.47 Å². The summed E-state index contributed by atoms with van der Waals surface area (Å²) in [6, 6.07) is 0. The van der Waals surface area contributed by atoms with Crippen LogP contribution in [0.5, 0.6) is 0 Å². The van der Waals surface area contributed by atoms with Crippen LogP contribution in [0.25, 0.3) is 11.2 Å². The lowest BCUT2D eigenvalue weighted by atomic mass is 10.4. The molecule has 0 aromatic carbocycles. The summed E-state index contributed by atoms with van der Waals surface area (Å²) in [5.74, 6) is 0.541. The Bertz CT molecular complexity index is 561. The van der Waals surface area contributed by atoms with E-state index in [1.165, 1.54) is 0 Å². The Morgan fingerprint density at radius 3 is 2.75 bits per heavy atom. The van der Waals surface area contributed by atoms with E-state index in [1.54, 1.807) is 7.11 Å². The summed E-state index contributed by atoms with van der Waals surface area (Å²) in [6.45, 7) is 7.53. The van der Waals surface area contributed by atoms with E-state index in [0.717, 1.165) is 36.4 Å². The van der Waals surface area contributed by atoms with Crippen molar-refractivity contribution in [3.63, 3.8) is 0 Å². The van der Waals surface area contributed by atoms with Crippen LogP contribution in [0.1, 0.15) is 19.0 Å². The van der Waals surface area contributed by atoms with Gasteiger partial charge >= 0.3 is 0 Å². The van der Waals surface area contributed by atoms with E-state index in [4.69, 9.17) is 15.2 Å². The Balaban J connectivity index is 2.04. The highest BCUT2D eigenvalue weighted by Crippen LogP contribution is 2.21. The molecule has 0 fully saturated rings. The number of rotatable bonds is 8. The zero-order valence-electron chi connectivity index (χ0n) is 12.4. The average Bonchev–Trinajstić information content (AvgIpc) is 2.92. The molecule has 0 atom stereocenters. The van der Waals surface area contributed by atoms with Gasteiger partial charge in [0.15, 0.2) is 5.65 Å². The van der Waals surface area contributed by atoms with Crippen LogP contribution < -0.4 is 5.73 Å². The molecule has 2 rings (SSSR count). The second-order valence-electron chi connectivity index (χ2n) is 4.65. The number of nitrogens with two attached hydrogens (primary N) is 1. The average molecular weight is 281 g/mol. The van der Waals surface area contributed by atoms with Gasteiger partial charge in [-0.2, -0.15) is 5.10 Å². The third-order valence-corrected chi connectivity index (χ3v) is 3.23. The Kier molecular flexibility index (Phi) is 4.97. The number of hydrogen-bond donors (Lipinski definition) is 1. The quantitative estimate of drug-likeness (QED) is 0.735. The fourth-order valence-electron chi connectivity index (χ4n) is 2.25. The lowest BCUT2D eigenvalue weighted by Crippen LogP contribution is -2.11. The molecule has 7 heteroatoms.